The minimum Gasteiger partial charge on any atom is -0.371 e. The zero-order valence-electron chi connectivity index (χ0n) is 14.7. The van der Waals surface area contributed by atoms with Crippen LogP contribution in [0.3, 0.4) is 0 Å². The quantitative estimate of drug-likeness (QED) is 0.440. The second-order valence-corrected chi connectivity index (χ2v) is 7.64. The normalized spacial score (nSPS) is 18.1. The minimum absolute atomic E-state index is 0.000203. The molecule has 142 valence electrons. The first-order valence-corrected chi connectivity index (χ1v) is 9.90. The fourth-order valence-electron chi connectivity index (χ4n) is 3.02. The van der Waals surface area contributed by atoms with Gasteiger partial charge in [-0.25, -0.2) is 0 Å². The predicted molar refractivity (Wildman–Crippen MR) is 112 cm³/mol. The maximum absolute atomic E-state index is 11.0. The molecule has 3 rings (SSSR count). The Bertz CT molecular complexity index is 800. The molecule has 0 spiro atoms. The molecule has 1 heterocycles. The standard InChI is InChI=1S/C21H20Cl3NO2/c22-18-2-1-3-19(23)17(18)9-6-15-4-7-16(8-5-15)20-14-25(12-13-27-20)11-10-21(24)26/h1-9,20H,10-14H2/b9-6+. The first-order chi connectivity index (χ1) is 13.0. The van der Waals surface area contributed by atoms with Crippen molar-refractivity contribution in [2.75, 3.05) is 26.2 Å². The Morgan fingerprint density at radius 1 is 1.11 bits per heavy atom. The van der Waals surface area contributed by atoms with Gasteiger partial charge in [0.15, 0.2) is 0 Å². The summed E-state index contributed by atoms with van der Waals surface area (Å²) < 4.78 is 5.89. The monoisotopic (exact) mass is 423 g/mol. The number of halogens is 3. The van der Waals surface area contributed by atoms with Crippen LogP contribution in [-0.4, -0.2) is 36.4 Å². The Balaban J connectivity index is 1.64. The van der Waals surface area contributed by atoms with Crippen LogP contribution in [0.2, 0.25) is 10.0 Å². The van der Waals surface area contributed by atoms with Crippen LogP contribution in [0.25, 0.3) is 12.2 Å². The molecule has 0 bridgehead atoms. The highest BCUT2D eigenvalue weighted by Gasteiger charge is 2.22. The van der Waals surface area contributed by atoms with E-state index in [0.717, 1.165) is 29.8 Å². The number of benzene rings is 2. The van der Waals surface area contributed by atoms with Crippen molar-refractivity contribution in [1.29, 1.82) is 0 Å². The Morgan fingerprint density at radius 2 is 1.81 bits per heavy atom. The topological polar surface area (TPSA) is 29.5 Å². The van der Waals surface area contributed by atoms with E-state index in [1.807, 2.05) is 42.5 Å². The van der Waals surface area contributed by atoms with E-state index in [0.29, 0.717) is 29.6 Å². The van der Waals surface area contributed by atoms with E-state index < -0.39 is 0 Å². The van der Waals surface area contributed by atoms with E-state index in [-0.39, 0.29) is 11.3 Å². The van der Waals surface area contributed by atoms with Crippen LogP contribution in [0.1, 0.15) is 29.2 Å². The molecule has 1 saturated heterocycles. The summed E-state index contributed by atoms with van der Waals surface area (Å²) in [4.78, 5) is 13.2. The summed E-state index contributed by atoms with van der Waals surface area (Å²) in [7, 11) is 0. The molecule has 0 radical (unpaired) electrons. The fourth-order valence-corrected chi connectivity index (χ4v) is 3.63. The molecule has 0 N–H and O–H groups in total. The summed E-state index contributed by atoms with van der Waals surface area (Å²) in [6.45, 7) is 2.89. The summed E-state index contributed by atoms with van der Waals surface area (Å²) in [5.74, 6) is 0. The first-order valence-electron chi connectivity index (χ1n) is 8.77. The van der Waals surface area contributed by atoms with E-state index in [1.54, 1.807) is 0 Å². The number of nitrogens with zero attached hydrogens (tertiary/aromatic N) is 1. The third-order valence-electron chi connectivity index (χ3n) is 4.53. The molecule has 1 aliphatic rings. The SMILES string of the molecule is O=C(Cl)CCN1CCOC(c2ccc(/C=C/c3c(Cl)cccc3Cl)cc2)C1. The summed E-state index contributed by atoms with van der Waals surface area (Å²) in [5, 5.41) is 0.954. The van der Waals surface area contributed by atoms with Crippen LogP contribution in [-0.2, 0) is 9.53 Å². The second-order valence-electron chi connectivity index (χ2n) is 6.40. The molecule has 0 saturated carbocycles. The molecule has 2 aromatic carbocycles. The molecule has 1 atom stereocenters. The number of hydrogen-bond acceptors (Lipinski definition) is 3. The largest absolute Gasteiger partial charge is 0.371 e. The maximum Gasteiger partial charge on any atom is 0.222 e. The Kier molecular flexibility index (Phi) is 7.33. The highest BCUT2D eigenvalue weighted by Crippen LogP contribution is 2.27. The van der Waals surface area contributed by atoms with Gasteiger partial charge in [-0.1, -0.05) is 65.7 Å². The molecule has 3 nitrogen and oxygen atoms in total. The van der Waals surface area contributed by atoms with Gasteiger partial charge in [0.2, 0.25) is 5.24 Å². The molecule has 2 aromatic rings. The van der Waals surface area contributed by atoms with Crippen molar-refractivity contribution in [2.24, 2.45) is 0 Å². The lowest BCUT2D eigenvalue weighted by molar-refractivity contribution is -0.112. The molecular formula is C21H20Cl3NO2. The summed E-state index contributed by atoms with van der Waals surface area (Å²) >= 11 is 17.8. The van der Waals surface area contributed by atoms with E-state index in [2.05, 4.69) is 17.0 Å². The number of morpholine rings is 1. The minimum atomic E-state index is -0.298. The van der Waals surface area contributed by atoms with Crippen molar-refractivity contribution in [3.05, 3.63) is 69.2 Å². The number of carbonyl (C=O) groups is 1. The zero-order valence-corrected chi connectivity index (χ0v) is 17.0. The third-order valence-corrected chi connectivity index (χ3v) is 5.37. The summed E-state index contributed by atoms with van der Waals surface area (Å²) in [6.07, 6.45) is 4.27. The molecule has 1 unspecified atom stereocenters. The van der Waals surface area contributed by atoms with Gasteiger partial charge in [-0.3, -0.25) is 9.69 Å². The van der Waals surface area contributed by atoms with Gasteiger partial charge >= 0.3 is 0 Å². The van der Waals surface area contributed by atoms with E-state index >= 15 is 0 Å². The van der Waals surface area contributed by atoms with Gasteiger partial charge < -0.3 is 4.74 Å². The molecule has 0 aliphatic carbocycles. The molecule has 27 heavy (non-hydrogen) atoms. The van der Waals surface area contributed by atoms with Crippen molar-refractivity contribution in [3.63, 3.8) is 0 Å². The van der Waals surface area contributed by atoms with Gasteiger partial charge in [0.1, 0.15) is 0 Å². The number of carbonyl (C=O) groups excluding carboxylic acids is 1. The number of rotatable bonds is 6. The average molecular weight is 425 g/mol. The molecule has 6 heteroatoms. The third kappa shape index (κ3) is 5.81. The molecule has 1 aliphatic heterocycles. The summed E-state index contributed by atoms with van der Waals surface area (Å²) in [6, 6.07) is 13.7. The predicted octanol–water partition coefficient (Wildman–Crippen LogP) is 5.69. The Hall–Kier alpha value is -1.36. The summed E-state index contributed by atoms with van der Waals surface area (Å²) in [5.41, 5.74) is 2.98. The van der Waals surface area contributed by atoms with Crippen LogP contribution in [0.5, 0.6) is 0 Å². The van der Waals surface area contributed by atoms with E-state index in [1.165, 1.54) is 0 Å². The lowest BCUT2D eigenvalue weighted by Gasteiger charge is -2.32. The number of hydrogen-bond donors (Lipinski definition) is 0. The van der Waals surface area contributed by atoms with Crippen LogP contribution >= 0.6 is 34.8 Å². The first kappa shape index (κ1) is 20.4. The van der Waals surface area contributed by atoms with E-state index in [9.17, 15) is 4.79 Å². The second kappa shape index (κ2) is 9.72. The highest BCUT2D eigenvalue weighted by atomic mass is 35.5. The Morgan fingerprint density at radius 3 is 2.48 bits per heavy atom. The molecule has 0 aromatic heterocycles. The van der Waals surface area contributed by atoms with Gasteiger partial charge in [0.05, 0.1) is 12.7 Å². The smallest absolute Gasteiger partial charge is 0.222 e. The van der Waals surface area contributed by atoms with Crippen molar-refractivity contribution in [3.8, 4) is 0 Å². The van der Waals surface area contributed by atoms with Crippen LogP contribution < -0.4 is 0 Å². The van der Waals surface area contributed by atoms with Crippen molar-refractivity contribution in [1.82, 2.24) is 4.90 Å². The van der Waals surface area contributed by atoms with Gasteiger partial charge in [0.25, 0.3) is 0 Å². The fraction of sp³-hybridized carbons (Fsp3) is 0.286. The maximum atomic E-state index is 11.0. The zero-order chi connectivity index (χ0) is 19.2. The average Bonchev–Trinajstić information content (AvgIpc) is 2.67. The Labute approximate surface area is 174 Å². The van der Waals surface area contributed by atoms with Crippen molar-refractivity contribution in [2.45, 2.75) is 12.5 Å². The number of ether oxygens (including phenoxy) is 1. The van der Waals surface area contributed by atoms with Gasteiger partial charge in [-0.05, 0) is 34.9 Å². The van der Waals surface area contributed by atoms with Crippen molar-refractivity contribution >= 4 is 52.2 Å². The van der Waals surface area contributed by atoms with E-state index in [4.69, 9.17) is 39.5 Å². The molecule has 0 amide bonds. The lowest BCUT2D eigenvalue weighted by atomic mass is 10.0. The van der Waals surface area contributed by atoms with Crippen LogP contribution in [0.4, 0.5) is 0 Å². The van der Waals surface area contributed by atoms with Crippen LogP contribution in [0, 0.1) is 0 Å². The highest BCUT2D eigenvalue weighted by molar-refractivity contribution is 6.63. The van der Waals surface area contributed by atoms with Gasteiger partial charge in [-0.15, -0.1) is 0 Å². The van der Waals surface area contributed by atoms with Gasteiger partial charge in [0, 0.05) is 41.7 Å². The van der Waals surface area contributed by atoms with Crippen molar-refractivity contribution < 1.29 is 9.53 Å². The molecular weight excluding hydrogens is 405 g/mol. The van der Waals surface area contributed by atoms with Gasteiger partial charge in [-0.2, -0.15) is 0 Å². The van der Waals surface area contributed by atoms with Crippen LogP contribution in [0.15, 0.2) is 42.5 Å². The molecule has 1 fully saturated rings. The lowest BCUT2D eigenvalue weighted by Crippen LogP contribution is -2.39.